The van der Waals surface area contributed by atoms with Crippen molar-refractivity contribution in [3.63, 3.8) is 0 Å². The van der Waals surface area contributed by atoms with Gasteiger partial charge in [-0.1, -0.05) is 6.07 Å². The molecular weight excluding hydrogens is 246 g/mol. The fraction of sp³-hybridized carbons (Fsp3) is 0.100. The van der Waals surface area contributed by atoms with Crippen molar-refractivity contribution in [3.05, 3.63) is 23.7 Å². The van der Waals surface area contributed by atoms with Crippen LogP contribution in [0.25, 0.3) is 10.7 Å². The van der Waals surface area contributed by atoms with Crippen LogP contribution in [0, 0.1) is 0 Å². The predicted octanol–water partition coefficient (Wildman–Crippen LogP) is 2.07. The van der Waals surface area contributed by atoms with Crippen molar-refractivity contribution in [1.29, 1.82) is 0 Å². The van der Waals surface area contributed by atoms with Crippen molar-refractivity contribution in [2.75, 3.05) is 6.61 Å². The zero-order chi connectivity index (χ0) is 11.1. The molecule has 0 fully saturated rings. The Morgan fingerprint density at radius 3 is 3.00 bits per heavy atom. The van der Waals surface area contributed by atoms with Crippen molar-refractivity contribution >= 4 is 38.1 Å². The molecule has 1 aromatic carbocycles. The largest absolute Gasteiger partial charge is 0.872 e. The molecule has 0 saturated heterocycles. The van der Waals surface area contributed by atoms with Gasteiger partial charge in [-0.15, -0.1) is 5.75 Å². The van der Waals surface area contributed by atoms with Crippen molar-refractivity contribution in [2.45, 2.75) is 0 Å². The van der Waals surface area contributed by atoms with Crippen LogP contribution in [0.1, 0.15) is 5.49 Å². The van der Waals surface area contributed by atoms with Crippen LogP contribution in [0.5, 0.6) is 5.75 Å². The minimum Gasteiger partial charge on any atom is -0.872 e. The number of carbonyl (C=O) groups is 1. The molecule has 1 aromatic heterocycles. The molecule has 0 saturated carbocycles. The number of ether oxygens (including phenoxy) is 1. The maximum absolute atomic E-state index is 11.1. The first-order chi connectivity index (χ1) is 7.72. The van der Waals surface area contributed by atoms with E-state index in [9.17, 15) is 9.90 Å². The average Bonchev–Trinajstić information content (AvgIpc) is 2.83. The van der Waals surface area contributed by atoms with Gasteiger partial charge in [0.05, 0.1) is 0 Å². The van der Waals surface area contributed by atoms with Gasteiger partial charge in [0.2, 0.25) is 5.52 Å². The van der Waals surface area contributed by atoms with Gasteiger partial charge in [0.25, 0.3) is 0 Å². The molecule has 80 valence electrons. The minimum atomic E-state index is -0.0823. The van der Waals surface area contributed by atoms with Crippen molar-refractivity contribution in [1.82, 2.24) is 0 Å². The summed E-state index contributed by atoms with van der Waals surface area (Å²) in [6.45, 7) is 0.114. The molecule has 1 aliphatic heterocycles. The maximum atomic E-state index is 11.1. The molecule has 4 nitrogen and oxygen atoms in total. The molecule has 1 aliphatic rings. The molecule has 0 radical (unpaired) electrons. The molecule has 0 bridgehead atoms. The second-order valence-electron chi connectivity index (χ2n) is 3.25. The lowest BCUT2D eigenvalue weighted by Gasteiger charge is -2.00. The lowest BCUT2D eigenvalue weighted by atomic mass is 10.3. The quantitative estimate of drug-likeness (QED) is 0.728. The van der Waals surface area contributed by atoms with E-state index in [1.165, 1.54) is 12.1 Å². The molecule has 0 spiro atoms. The van der Waals surface area contributed by atoms with Crippen molar-refractivity contribution in [3.8, 4) is 5.75 Å². The highest BCUT2D eigenvalue weighted by molar-refractivity contribution is 7.61. The van der Waals surface area contributed by atoms with Crippen LogP contribution in [0.2, 0.25) is 0 Å². The molecule has 2 aromatic rings. The highest BCUT2D eigenvalue weighted by Crippen LogP contribution is 2.34. The number of hydrogen-bond acceptors (Lipinski definition) is 4. The smallest absolute Gasteiger partial charge is 0.210 e. The summed E-state index contributed by atoms with van der Waals surface area (Å²) in [5.74, 6) is -0.0823. The van der Waals surface area contributed by atoms with Gasteiger partial charge in [0.15, 0.2) is 11.0 Å². The molecule has 0 amide bonds. The Morgan fingerprint density at radius 1 is 1.38 bits per heavy atom. The zero-order valence-electron chi connectivity index (χ0n) is 7.97. The fourth-order valence-corrected chi connectivity index (χ4v) is 3.23. The van der Waals surface area contributed by atoms with Gasteiger partial charge in [-0.05, 0) is 20.3 Å². The van der Waals surface area contributed by atoms with Gasteiger partial charge >= 0.3 is 0 Å². The third-order valence-electron chi connectivity index (χ3n) is 2.10. The molecule has 0 aliphatic carbocycles. The standard InChI is InChI=1S/C10H6O4P2/c11-5-1-2-7-6(3-5)14-10(15-7)9-13-4-8(12)16-9/h1-3,11H,4H2/p-1. The molecule has 16 heavy (non-hydrogen) atoms. The lowest BCUT2D eigenvalue weighted by molar-refractivity contribution is -0.268. The van der Waals surface area contributed by atoms with Gasteiger partial charge in [0.1, 0.15) is 12.2 Å². The third-order valence-corrected chi connectivity index (χ3v) is 4.30. The van der Waals surface area contributed by atoms with Crippen LogP contribution in [-0.4, -0.2) is 17.6 Å². The molecule has 0 N–H and O–H groups in total. The van der Waals surface area contributed by atoms with Gasteiger partial charge in [-0.25, -0.2) is 0 Å². The van der Waals surface area contributed by atoms with E-state index in [0.717, 1.165) is 13.3 Å². The van der Waals surface area contributed by atoms with Gasteiger partial charge in [-0.2, -0.15) is 0 Å². The van der Waals surface area contributed by atoms with E-state index in [4.69, 9.17) is 9.15 Å². The van der Waals surface area contributed by atoms with E-state index in [0.29, 0.717) is 24.8 Å². The highest BCUT2D eigenvalue weighted by Gasteiger charge is 2.19. The second-order valence-corrected chi connectivity index (χ2v) is 5.49. The molecule has 0 unspecified atom stereocenters. The first-order valence-electron chi connectivity index (χ1n) is 4.55. The minimum absolute atomic E-state index is 0.0294. The number of carbonyl (C=O) groups excluding carboxylic acids is 1. The van der Waals surface area contributed by atoms with Crippen LogP contribution < -0.4 is 5.11 Å². The Hall–Kier alpha value is -1.21. The summed E-state index contributed by atoms with van der Waals surface area (Å²) in [5, 5.41) is 12.1. The predicted molar refractivity (Wildman–Crippen MR) is 60.2 cm³/mol. The van der Waals surface area contributed by atoms with Crippen LogP contribution >= 0.6 is 16.4 Å². The van der Waals surface area contributed by atoms with E-state index in [-0.39, 0.29) is 17.9 Å². The lowest BCUT2D eigenvalue weighted by Crippen LogP contribution is -1.97. The average molecular weight is 251 g/mol. The molecule has 3 rings (SSSR count). The highest BCUT2D eigenvalue weighted by atomic mass is 31.1. The van der Waals surface area contributed by atoms with E-state index in [1.807, 2.05) is 0 Å². The van der Waals surface area contributed by atoms with E-state index in [1.54, 1.807) is 6.07 Å². The summed E-state index contributed by atoms with van der Waals surface area (Å²) in [7, 11) is 1.40. The number of rotatable bonds is 1. The number of fused-ring (bicyclic) bond motifs is 1. The SMILES string of the molecule is O=C1COC(c2oc3cc([O-])ccc3p2)=P1. The van der Waals surface area contributed by atoms with Crippen molar-refractivity contribution in [2.24, 2.45) is 0 Å². The molecule has 0 atom stereocenters. The third kappa shape index (κ3) is 1.65. The van der Waals surface area contributed by atoms with Crippen molar-refractivity contribution < 1.29 is 19.1 Å². The maximum Gasteiger partial charge on any atom is 0.210 e. The van der Waals surface area contributed by atoms with Crippen LogP contribution in [-0.2, 0) is 9.53 Å². The van der Waals surface area contributed by atoms with E-state index < -0.39 is 0 Å². The first kappa shape index (κ1) is 9.98. The number of benzene rings is 1. The Labute approximate surface area is 93.7 Å². The fourth-order valence-electron chi connectivity index (χ4n) is 1.41. The number of hydrogen-bond donors (Lipinski definition) is 0. The molecular formula is C10H5O4P2-. The summed E-state index contributed by atoms with van der Waals surface area (Å²) in [5.41, 5.74) is 1.78. The molecule has 2 heterocycles. The zero-order valence-corrected chi connectivity index (χ0v) is 9.76. The topological polar surface area (TPSA) is 62.5 Å². The first-order valence-corrected chi connectivity index (χ1v) is 6.33. The Bertz CT molecular complexity index is 614. The van der Waals surface area contributed by atoms with Gasteiger partial charge in [0, 0.05) is 13.3 Å². The molecule has 6 heteroatoms. The second kappa shape index (κ2) is 3.67. The van der Waals surface area contributed by atoms with Crippen LogP contribution in [0.3, 0.4) is 0 Å². The monoisotopic (exact) mass is 251 g/mol. The van der Waals surface area contributed by atoms with Gasteiger partial charge in [-0.3, -0.25) is 4.79 Å². The Morgan fingerprint density at radius 2 is 2.25 bits per heavy atom. The summed E-state index contributed by atoms with van der Waals surface area (Å²) in [4.78, 5) is 11.1. The van der Waals surface area contributed by atoms with Gasteiger partial charge < -0.3 is 14.3 Å². The summed E-state index contributed by atoms with van der Waals surface area (Å²) in [6, 6.07) is 4.69. The normalized spacial score (nSPS) is 17.2. The Balaban J connectivity index is 2.12. The van der Waals surface area contributed by atoms with Crippen LogP contribution in [0.15, 0.2) is 22.6 Å². The van der Waals surface area contributed by atoms with E-state index >= 15 is 0 Å². The van der Waals surface area contributed by atoms with E-state index in [2.05, 4.69) is 0 Å². The summed E-state index contributed by atoms with van der Waals surface area (Å²) >= 11 is 0. The summed E-state index contributed by atoms with van der Waals surface area (Å²) < 4.78 is 10.7. The summed E-state index contributed by atoms with van der Waals surface area (Å²) in [6.07, 6.45) is 0. The Kier molecular flexibility index (Phi) is 2.29. The van der Waals surface area contributed by atoms with Crippen LogP contribution in [0.4, 0.5) is 0 Å².